The van der Waals surface area contributed by atoms with Crippen molar-refractivity contribution in [1.82, 2.24) is 25.1 Å². The number of carbonyl (C=O) groups is 3. The molecule has 4 rings (SSSR count). The van der Waals surface area contributed by atoms with E-state index in [1.54, 1.807) is 52.4 Å². The predicted octanol–water partition coefficient (Wildman–Crippen LogP) is 2.40. The van der Waals surface area contributed by atoms with Crippen LogP contribution >= 0.6 is 0 Å². The molecule has 0 saturated carbocycles. The second kappa shape index (κ2) is 9.84. The summed E-state index contributed by atoms with van der Waals surface area (Å²) in [5.41, 5.74) is 0.748. The van der Waals surface area contributed by atoms with Crippen molar-refractivity contribution >= 4 is 17.8 Å². The van der Waals surface area contributed by atoms with Gasteiger partial charge in [-0.25, -0.2) is 19.2 Å². The van der Waals surface area contributed by atoms with Crippen molar-refractivity contribution in [2.24, 2.45) is 5.92 Å². The number of nitrogens with one attached hydrogen (secondary N) is 1. The molecule has 2 aliphatic heterocycles. The van der Waals surface area contributed by atoms with Gasteiger partial charge in [-0.15, -0.1) is 0 Å². The molecule has 2 fully saturated rings. The van der Waals surface area contributed by atoms with Crippen LogP contribution < -0.4 is 5.32 Å². The van der Waals surface area contributed by atoms with E-state index in [2.05, 4.69) is 5.32 Å². The number of urea groups is 1. The minimum absolute atomic E-state index is 0.0134. The highest BCUT2D eigenvalue weighted by atomic mass is 19.1. The normalized spacial score (nSPS) is 21.3. The highest BCUT2D eigenvalue weighted by Crippen LogP contribution is 2.29. The van der Waals surface area contributed by atoms with Gasteiger partial charge in [-0.1, -0.05) is 26.0 Å². The molecule has 0 bridgehead atoms. The molecule has 2 aliphatic rings. The van der Waals surface area contributed by atoms with E-state index in [4.69, 9.17) is 4.42 Å². The summed E-state index contributed by atoms with van der Waals surface area (Å²) in [6.07, 6.45) is 1.38. The number of likely N-dealkylation sites (N-methyl/N-ethyl adjacent to an activating group) is 1. The first kappa shape index (κ1) is 23.7. The van der Waals surface area contributed by atoms with E-state index < -0.39 is 18.2 Å². The Hall–Kier alpha value is -3.40. The molecule has 1 aromatic heterocycles. The summed E-state index contributed by atoms with van der Waals surface area (Å²) in [6.45, 7) is 4.61. The lowest BCUT2D eigenvalue weighted by molar-refractivity contribution is -0.188. The standard InChI is InChI=1S/C24H30FN5O4/c1-16(2)11-20-23(32)28(13-19-5-4-10-34-19)14-21-29(20)22(31)15-27(3)30(21)24(33)26-12-17-6-8-18(25)9-7-17/h4-10,16,20-21H,11-15H2,1-3H3,(H,26,33)/t20-,21-/m0/s1. The molecule has 0 unspecified atom stereocenters. The van der Waals surface area contributed by atoms with Crippen molar-refractivity contribution in [3.05, 3.63) is 59.8 Å². The first-order chi connectivity index (χ1) is 16.2. The molecule has 3 heterocycles. The summed E-state index contributed by atoms with van der Waals surface area (Å²) in [7, 11) is 1.68. The van der Waals surface area contributed by atoms with E-state index in [1.807, 2.05) is 13.8 Å². The Morgan fingerprint density at radius 1 is 1.21 bits per heavy atom. The Balaban J connectivity index is 1.59. The second-order valence-electron chi connectivity index (χ2n) is 9.17. The summed E-state index contributed by atoms with van der Waals surface area (Å²) >= 11 is 0. The Morgan fingerprint density at radius 3 is 2.59 bits per heavy atom. The van der Waals surface area contributed by atoms with Crippen LogP contribution in [-0.2, 0) is 22.7 Å². The molecular formula is C24H30FN5O4. The zero-order valence-corrected chi connectivity index (χ0v) is 19.6. The first-order valence-electron chi connectivity index (χ1n) is 11.4. The van der Waals surface area contributed by atoms with E-state index in [1.165, 1.54) is 17.1 Å². The molecule has 10 heteroatoms. The average Bonchev–Trinajstić information content (AvgIpc) is 3.29. The van der Waals surface area contributed by atoms with Crippen molar-refractivity contribution in [3.8, 4) is 0 Å². The van der Waals surface area contributed by atoms with Crippen LogP contribution in [0.15, 0.2) is 47.1 Å². The van der Waals surface area contributed by atoms with Crippen LogP contribution in [0.1, 0.15) is 31.6 Å². The van der Waals surface area contributed by atoms with Gasteiger partial charge in [0.15, 0.2) is 0 Å². The molecule has 0 radical (unpaired) electrons. The maximum atomic E-state index is 13.4. The zero-order chi connectivity index (χ0) is 24.4. The number of hydrogen-bond donors (Lipinski definition) is 1. The van der Waals surface area contributed by atoms with Crippen LogP contribution in [0.3, 0.4) is 0 Å². The third-order valence-electron chi connectivity index (χ3n) is 6.13. The number of hydrogen-bond acceptors (Lipinski definition) is 5. The van der Waals surface area contributed by atoms with Gasteiger partial charge in [0.1, 0.15) is 23.8 Å². The van der Waals surface area contributed by atoms with E-state index in [-0.39, 0.29) is 49.7 Å². The Kier molecular flexibility index (Phi) is 6.87. The number of amides is 4. The minimum atomic E-state index is -0.665. The van der Waals surface area contributed by atoms with Gasteiger partial charge in [-0.2, -0.15) is 0 Å². The minimum Gasteiger partial charge on any atom is -0.467 e. The van der Waals surface area contributed by atoms with Gasteiger partial charge in [-0.05, 0) is 42.2 Å². The Labute approximate surface area is 198 Å². The third-order valence-corrected chi connectivity index (χ3v) is 6.13. The molecule has 4 amide bonds. The van der Waals surface area contributed by atoms with Crippen molar-refractivity contribution < 1.29 is 23.2 Å². The number of benzene rings is 1. The largest absolute Gasteiger partial charge is 0.467 e. The van der Waals surface area contributed by atoms with Crippen molar-refractivity contribution in [2.45, 2.75) is 45.6 Å². The lowest BCUT2D eigenvalue weighted by atomic mass is 9.97. The van der Waals surface area contributed by atoms with Crippen molar-refractivity contribution in [2.75, 3.05) is 20.1 Å². The van der Waals surface area contributed by atoms with Crippen LogP contribution in [0.25, 0.3) is 0 Å². The molecule has 2 aromatic rings. The zero-order valence-electron chi connectivity index (χ0n) is 19.6. The fourth-order valence-electron chi connectivity index (χ4n) is 4.57. The van der Waals surface area contributed by atoms with E-state index in [0.29, 0.717) is 12.2 Å². The lowest BCUT2D eigenvalue weighted by Crippen LogP contribution is -2.75. The summed E-state index contributed by atoms with van der Waals surface area (Å²) < 4.78 is 18.6. The molecule has 182 valence electrons. The van der Waals surface area contributed by atoms with E-state index in [0.717, 1.165) is 5.56 Å². The molecule has 9 nitrogen and oxygen atoms in total. The van der Waals surface area contributed by atoms with Gasteiger partial charge < -0.3 is 19.5 Å². The summed E-state index contributed by atoms with van der Waals surface area (Å²) in [4.78, 5) is 43.0. The summed E-state index contributed by atoms with van der Waals surface area (Å²) in [6, 6.07) is 8.38. The monoisotopic (exact) mass is 471 g/mol. The van der Waals surface area contributed by atoms with Gasteiger partial charge in [-0.3, -0.25) is 9.59 Å². The van der Waals surface area contributed by atoms with Crippen LogP contribution in [0.4, 0.5) is 9.18 Å². The molecule has 0 spiro atoms. The van der Waals surface area contributed by atoms with Crippen LogP contribution in [0.5, 0.6) is 0 Å². The number of nitrogens with zero attached hydrogens (tertiary/aromatic N) is 4. The molecular weight excluding hydrogens is 441 g/mol. The summed E-state index contributed by atoms with van der Waals surface area (Å²) in [5, 5.41) is 5.94. The van der Waals surface area contributed by atoms with Crippen LogP contribution in [0.2, 0.25) is 0 Å². The highest BCUT2D eigenvalue weighted by molar-refractivity contribution is 5.91. The molecule has 2 saturated heterocycles. The smallest absolute Gasteiger partial charge is 0.334 e. The number of rotatable bonds is 6. The van der Waals surface area contributed by atoms with Crippen molar-refractivity contribution in [3.63, 3.8) is 0 Å². The number of piperazine rings is 1. The maximum Gasteiger partial charge on any atom is 0.334 e. The second-order valence-corrected chi connectivity index (χ2v) is 9.17. The van der Waals surface area contributed by atoms with E-state index in [9.17, 15) is 18.8 Å². The number of furan rings is 1. The molecule has 1 aromatic carbocycles. The predicted molar refractivity (Wildman–Crippen MR) is 121 cm³/mol. The molecule has 2 atom stereocenters. The topological polar surface area (TPSA) is 89.3 Å². The number of fused-ring (bicyclic) bond motifs is 1. The fourth-order valence-corrected chi connectivity index (χ4v) is 4.57. The van der Waals surface area contributed by atoms with Crippen LogP contribution in [0, 0.1) is 11.7 Å². The SMILES string of the molecule is CC(C)C[C@H]1C(=O)N(Cc2ccco2)C[C@H]2N1C(=O)CN(C)N2C(=O)NCc1ccc(F)cc1. The summed E-state index contributed by atoms with van der Waals surface area (Å²) in [5.74, 6) is 0.122. The van der Waals surface area contributed by atoms with Gasteiger partial charge in [0, 0.05) is 13.6 Å². The molecule has 1 N–H and O–H groups in total. The Bertz CT molecular complexity index is 1030. The molecule has 34 heavy (non-hydrogen) atoms. The molecule has 0 aliphatic carbocycles. The van der Waals surface area contributed by atoms with Crippen LogP contribution in [-0.4, -0.2) is 70.0 Å². The van der Waals surface area contributed by atoms with Gasteiger partial charge in [0.05, 0.1) is 25.9 Å². The highest BCUT2D eigenvalue weighted by Gasteiger charge is 2.50. The Morgan fingerprint density at radius 2 is 1.94 bits per heavy atom. The lowest BCUT2D eigenvalue weighted by Gasteiger charge is -2.54. The van der Waals surface area contributed by atoms with E-state index >= 15 is 0 Å². The third kappa shape index (κ3) is 4.91. The quantitative estimate of drug-likeness (QED) is 0.699. The number of hydrazine groups is 1. The van der Waals surface area contributed by atoms with Gasteiger partial charge >= 0.3 is 6.03 Å². The fraction of sp³-hybridized carbons (Fsp3) is 0.458. The average molecular weight is 472 g/mol. The number of carbonyl (C=O) groups excluding carboxylic acids is 3. The first-order valence-corrected chi connectivity index (χ1v) is 11.4. The number of halogens is 1. The van der Waals surface area contributed by atoms with Gasteiger partial charge in [0.25, 0.3) is 0 Å². The van der Waals surface area contributed by atoms with Crippen molar-refractivity contribution in [1.29, 1.82) is 0 Å². The maximum absolute atomic E-state index is 13.4. The van der Waals surface area contributed by atoms with Gasteiger partial charge in [0.2, 0.25) is 11.8 Å².